The Labute approximate surface area is 133 Å². The number of non-ortho nitro benzene ring substituents is 1. The van der Waals surface area contributed by atoms with Crippen molar-refractivity contribution in [2.24, 2.45) is 0 Å². The minimum atomic E-state index is -0.685. The lowest BCUT2D eigenvalue weighted by Crippen LogP contribution is -2.32. The second-order valence-corrected chi connectivity index (χ2v) is 4.46. The third-order valence-corrected chi connectivity index (χ3v) is 3.15. The molecule has 23 heavy (non-hydrogen) atoms. The van der Waals surface area contributed by atoms with Gasteiger partial charge in [-0.15, -0.1) is 0 Å². The van der Waals surface area contributed by atoms with Crippen LogP contribution in [0.2, 0.25) is 0 Å². The topological polar surface area (TPSA) is 87.3 Å². The van der Waals surface area contributed by atoms with Crippen LogP contribution in [0.3, 0.4) is 0 Å². The SMILES string of the molecule is C/C=C1\C(=N)C(c2cc([N+](=O)[O-])ccc2F)=CN(C)C1=O.CC. The number of benzene rings is 1. The van der Waals surface area contributed by atoms with Gasteiger partial charge in [-0.1, -0.05) is 19.9 Å². The molecule has 1 aliphatic heterocycles. The van der Waals surface area contributed by atoms with Gasteiger partial charge in [0.1, 0.15) is 5.82 Å². The van der Waals surface area contributed by atoms with Gasteiger partial charge in [0.05, 0.1) is 16.2 Å². The molecule has 0 saturated carbocycles. The fraction of sp³-hybridized carbons (Fsp3) is 0.250. The highest BCUT2D eigenvalue weighted by molar-refractivity contribution is 6.41. The van der Waals surface area contributed by atoms with Crippen molar-refractivity contribution >= 4 is 22.9 Å². The molecule has 1 aromatic carbocycles. The Morgan fingerprint density at radius 3 is 2.48 bits per heavy atom. The molecule has 0 aliphatic carbocycles. The van der Waals surface area contributed by atoms with E-state index >= 15 is 0 Å². The molecule has 7 heteroatoms. The molecule has 0 fully saturated rings. The number of carbonyl (C=O) groups is 1. The van der Waals surface area contributed by atoms with Crippen LogP contribution in [-0.2, 0) is 4.79 Å². The minimum absolute atomic E-state index is 0.0760. The summed E-state index contributed by atoms with van der Waals surface area (Å²) >= 11 is 0. The number of nitrogens with zero attached hydrogens (tertiary/aromatic N) is 2. The number of carbonyl (C=O) groups excluding carboxylic acids is 1. The van der Waals surface area contributed by atoms with Crippen LogP contribution < -0.4 is 0 Å². The fourth-order valence-corrected chi connectivity index (χ4v) is 2.06. The van der Waals surface area contributed by atoms with Gasteiger partial charge in [0.25, 0.3) is 11.6 Å². The van der Waals surface area contributed by atoms with Crippen LogP contribution in [0, 0.1) is 21.3 Å². The summed E-state index contributed by atoms with van der Waals surface area (Å²) in [6, 6.07) is 3.09. The Morgan fingerprint density at radius 1 is 1.35 bits per heavy atom. The van der Waals surface area contributed by atoms with Crippen molar-refractivity contribution in [3.63, 3.8) is 0 Å². The van der Waals surface area contributed by atoms with E-state index < -0.39 is 10.7 Å². The Kier molecular flexibility index (Phi) is 5.89. The Hall–Kier alpha value is -2.83. The third-order valence-electron chi connectivity index (χ3n) is 3.15. The highest BCUT2D eigenvalue weighted by atomic mass is 19.1. The maximum atomic E-state index is 14.0. The molecule has 122 valence electrons. The number of allylic oxidation sites excluding steroid dienone is 2. The predicted molar refractivity (Wildman–Crippen MR) is 86.6 cm³/mol. The number of nitro benzene ring substituents is 1. The zero-order valence-electron chi connectivity index (χ0n) is 13.4. The first kappa shape index (κ1) is 18.2. The number of hydrogen-bond acceptors (Lipinski definition) is 4. The van der Waals surface area contributed by atoms with Crippen LogP contribution in [0.25, 0.3) is 5.57 Å². The summed E-state index contributed by atoms with van der Waals surface area (Å²) in [6.45, 7) is 5.60. The van der Waals surface area contributed by atoms with Crippen molar-refractivity contribution in [1.29, 1.82) is 5.41 Å². The van der Waals surface area contributed by atoms with Gasteiger partial charge in [-0.05, 0) is 13.0 Å². The summed E-state index contributed by atoms with van der Waals surface area (Å²) in [4.78, 5) is 23.3. The van der Waals surface area contributed by atoms with E-state index in [-0.39, 0.29) is 34.0 Å². The van der Waals surface area contributed by atoms with E-state index in [1.54, 1.807) is 6.92 Å². The molecule has 0 atom stereocenters. The van der Waals surface area contributed by atoms with Crippen molar-refractivity contribution in [2.75, 3.05) is 7.05 Å². The van der Waals surface area contributed by atoms with Crippen LogP contribution >= 0.6 is 0 Å². The Bertz CT molecular complexity index is 723. The van der Waals surface area contributed by atoms with Crippen LogP contribution in [0.1, 0.15) is 26.3 Å². The average Bonchev–Trinajstić information content (AvgIpc) is 2.54. The molecule has 0 bridgehead atoms. The lowest BCUT2D eigenvalue weighted by atomic mass is 9.92. The van der Waals surface area contributed by atoms with Crippen LogP contribution in [0.4, 0.5) is 10.1 Å². The lowest BCUT2D eigenvalue weighted by Gasteiger charge is -2.24. The van der Waals surface area contributed by atoms with Gasteiger partial charge >= 0.3 is 0 Å². The molecule has 0 unspecified atom stereocenters. The zero-order chi connectivity index (χ0) is 17.7. The number of hydrogen-bond donors (Lipinski definition) is 1. The molecule has 0 spiro atoms. The molecule has 1 amide bonds. The average molecular weight is 319 g/mol. The molecule has 1 aromatic rings. The van der Waals surface area contributed by atoms with Gasteiger partial charge in [0.15, 0.2) is 0 Å². The first-order chi connectivity index (χ1) is 10.9. The van der Waals surface area contributed by atoms with Gasteiger partial charge in [-0.25, -0.2) is 4.39 Å². The smallest absolute Gasteiger partial charge is 0.270 e. The molecule has 1 heterocycles. The molecule has 6 nitrogen and oxygen atoms in total. The van der Waals surface area contributed by atoms with Crippen LogP contribution in [0.15, 0.2) is 36.0 Å². The summed E-state index contributed by atoms with van der Waals surface area (Å²) in [6.07, 6.45) is 2.77. The molecule has 1 N–H and O–H groups in total. The second kappa shape index (κ2) is 7.44. The standard InChI is InChI=1S/C14H12FN3O3.C2H6/c1-3-9-13(16)11(7-17(2)14(9)19)10-6-8(18(20)21)4-5-12(10)15;1-2/h3-7,16H,1-2H3;1-2H3/b9-3+,16-13?;. The molecule has 0 saturated heterocycles. The quantitative estimate of drug-likeness (QED) is 0.514. The van der Waals surface area contributed by atoms with Crippen molar-refractivity contribution in [3.8, 4) is 0 Å². The van der Waals surface area contributed by atoms with Gasteiger partial charge < -0.3 is 4.90 Å². The number of nitrogens with one attached hydrogen (secondary N) is 1. The van der Waals surface area contributed by atoms with Crippen LogP contribution in [0.5, 0.6) is 0 Å². The van der Waals surface area contributed by atoms with Gasteiger partial charge in [-0.2, -0.15) is 0 Å². The fourth-order valence-electron chi connectivity index (χ4n) is 2.06. The first-order valence-electron chi connectivity index (χ1n) is 7.05. The van der Waals surface area contributed by atoms with E-state index in [2.05, 4.69) is 0 Å². The molecule has 1 aliphatic rings. The number of halogens is 1. The molecular formula is C16H18FN3O3. The van der Waals surface area contributed by atoms with Crippen molar-refractivity contribution < 1.29 is 14.1 Å². The number of rotatable bonds is 2. The summed E-state index contributed by atoms with van der Waals surface area (Å²) in [7, 11) is 1.48. The number of nitro groups is 1. The number of likely N-dealkylation sites (N-methyl/N-ethyl adjacent to an activating group) is 1. The number of amides is 1. The lowest BCUT2D eigenvalue weighted by molar-refractivity contribution is -0.384. The van der Waals surface area contributed by atoms with Gasteiger partial charge in [-0.3, -0.25) is 20.3 Å². The summed E-state index contributed by atoms with van der Waals surface area (Å²) in [5.41, 5.74) is -0.248. The largest absolute Gasteiger partial charge is 0.317 e. The highest BCUT2D eigenvalue weighted by Crippen LogP contribution is 2.29. The van der Waals surface area contributed by atoms with E-state index in [1.807, 2.05) is 13.8 Å². The Balaban J connectivity index is 0.00000127. The second-order valence-electron chi connectivity index (χ2n) is 4.46. The van der Waals surface area contributed by atoms with Gasteiger partial charge in [0.2, 0.25) is 0 Å². The van der Waals surface area contributed by atoms with E-state index in [0.29, 0.717) is 0 Å². The van der Waals surface area contributed by atoms with Crippen molar-refractivity contribution in [2.45, 2.75) is 20.8 Å². The molecule has 2 rings (SSSR count). The summed E-state index contributed by atoms with van der Waals surface area (Å²) in [5, 5.41) is 18.8. The highest BCUT2D eigenvalue weighted by Gasteiger charge is 2.28. The van der Waals surface area contributed by atoms with E-state index in [1.165, 1.54) is 24.2 Å². The van der Waals surface area contributed by atoms with Crippen molar-refractivity contribution in [1.82, 2.24) is 4.90 Å². The normalized spacial score (nSPS) is 16.0. The van der Waals surface area contributed by atoms with Crippen LogP contribution in [-0.4, -0.2) is 28.5 Å². The molecular weight excluding hydrogens is 301 g/mol. The maximum Gasteiger partial charge on any atom is 0.270 e. The zero-order valence-corrected chi connectivity index (χ0v) is 13.4. The third kappa shape index (κ3) is 3.50. The molecule has 0 aromatic heterocycles. The van der Waals surface area contributed by atoms with Crippen molar-refractivity contribution in [3.05, 3.63) is 57.5 Å². The maximum absolute atomic E-state index is 14.0. The monoisotopic (exact) mass is 319 g/mol. The Morgan fingerprint density at radius 2 is 1.96 bits per heavy atom. The first-order valence-corrected chi connectivity index (χ1v) is 7.05. The van der Waals surface area contributed by atoms with E-state index in [9.17, 15) is 19.3 Å². The van der Waals surface area contributed by atoms with E-state index in [4.69, 9.17) is 5.41 Å². The summed E-state index contributed by atoms with van der Waals surface area (Å²) < 4.78 is 14.0. The van der Waals surface area contributed by atoms with Gasteiger partial charge in [0, 0.05) is 36.5 Å². The summed E-state index contributed by atoms with van der Waals surface area (Å²) in [5.74, 6) is -1.06. The minimum Gasteiger partial charge on any atom is -0.317 e. The predicted octanol–water partition coefficient (Wildman–Crippen LogP) is 3.54. The van der Waals surface area contributed by atoms with E-state index in [0.717, 1.165) is 18.2 Å². The molecule has 0 radical (unpaired) electrons.